The van der Waals surface area contributed by atoms with E-state index in [9.17, 15) is 8.42 Å². The topological polar surface area (TPSA) is 93.3 Å². The average Bonchev–Trinajstić information content (AvgIpc) is 2.70. The maximum Gasteiger partial charge on any atom is 0.255 e. The molecule has 0 aliphatic carbocycles. The van der Waals surface area contributed by atoms with E-state index in [1.807, 2.05) is 0 Å². The van der Waals surface area contributed by atoms with Crippen LogP contribution in [0.3, 0.4) is 0 Å². The van der Waals surface area contributed by atoms with Crippen molar-refractivity contribution in [3.05, 3.63) is 11.7 Å². The Kier molecular flexibility index (Phi) is 2.51. The van der Waals surface area contributed by atoms with Gasteiger partial charge < -0.3 is 9.63 Å². The molecule has 0 aromatic carbocycles. The molecular weight excluding hydrogens is 220 g/mol. The van der Waals surface area contributed by atoms with Crippen molar-refractivity contribution in [3.8, 4) is 0 Å². The van der Waals surface area contributed by atoms with Gasteiger partial charge in [-0.3, -0.25) is 0 Å². The number of hydrogen-bond donors (Lipinski definition) is 1. The number of rotatable bonds is 2. The Labute approximate surface area is 87.2 Å². The zero-order valence-electron chi connectivity index (χ0n) is 8.25. The third-order valence-electron chi connectivity index (χ3n) is 2.41. The summed E-state index contributed by atoms with van der Waals surface area (Å²) in [4.78, 5) is 3.97. The first-order valence-electron chi connectivity index (χ1n) is 4.70. The van der Waals surface area contributed by atoms with Gasteiger partial charge in [-0.1, -0.05) is 5.16 Å². The van der Waals surface area contributed by atoms with Crippen LogP contribution in [0, 0.1) is 0 Å². The summed E-state index contributed by atoms with van der Waals surface area (Å²) < 4.78 is 27.2. The lowest BCUT2D eigenvalue weighted by atomic mass is 10.1. The first kappa shape index (κ1) is 10.6. The van der Waals surface area contributed by atoms with E-state index in [0.29, 0.717) is 12.2 Å². The maximum absolute atomic E-state index is 11.2. The quantitative estimate of drug-likeness (QED) is 0.773. The molecule has 1 fully saturated rings. The van der Waals surface area contributed by atoms with Gasteiger partial charge in [0.25, 0.3) is 5.89 Å². The number of hydrogen-bond acceptors (Lipinski definition) is 6. The van der Waals surface area contributed by atoms with Gasteiger partial charge in [-0.25, -0.2) is 8.42 Å². The molecule has 2 atom stereocenters. The highest BCUT2D eigenvalue weighted by Crippen LogP contribution is 2.27. The van der Waals surface area contributed by atoms with Gasteiger partial charge in [0, 0.05) is 5.92 Å². The lowest BCUT2D eigenvalue weighted by Crippen LogP contribution is -2.05. The van der Waals surface area contributed by atoms with Crippen LogP contribution in [-0.2, 0) is 9.84 Å². The second-order valence-electron chi connectivity index (χ2n) is 3.77. The molecule has 84 valence electrons. The van der Waals surface area contributed by atoms with Crippen molar-refractivity contribution in [1.82, 2.24) is 10.1 Å². The van der Waals surface area contributed by atoms with E-state index in [1.54, 1.807) is 0 Å². The van der Waals surface area contributed by atoms with Crippen LogP contribution in [0.25, 0.3) is 0 Å². The summed E-state index contributed by atoms with van der Waals surface area (Å²) in [6, 6.07) is 0. The Balaban J connectivity index is 2.17. The van der Waals surface area contributed by atoms with Gasteiger partial charge in [-0.2, -0.15) is 4.98 Å². The second-order valence-corrected chi connectivity index (χ2v) is 6.00. The predicted molar refractivity (Wildman–Crippen MR) is 50.9 cm³/mol. The monoisotopic (exact) mass is 232 g/mol. The summed E-state index contributed by atoms with van der Waals surface area (Å²) in [6.07, 6.45) is -0.287. The summed E-state index contributed by atoms with van der Waals surface area (Å²) in [7, 11) is -2.94. The van der Waals surface area contributed by atoms with E-state index < -0.39 is 15.9 Å². The Morgan fingerprint density at radius 1 is 1.60 bits per heavy atom. The molecule has 2 rings (SSSR count). The molecule has 0 spiro atoms. The smallest absolute Gasteiger partial charge is 0.255 e. The third kappa shape index (κ3) is 2.18. The van der Waals surface area contributed by atoms with Crippen molar-refractivity contribution in [1.29, 1.82) is 0 Å². The number of aromatic nitrogens is 2. The molecule has 0 radical (unpaired) electrons. The van der Waals surface area contributed by atoms with Crippen molar-refractivity contribution < 1.29 is 18.0 Å². The van der Waals surface area contributed by atoms with Crippen LogP contribution in [0.1, 0.15) is 37.1 Å². The SMILES string of the molecule is C[C@H](O)c1nc(C2CCS(=O)(=O)C2)no1. The number of nitrogens with zero attached hydrogens (tertiary/aromatic N) is 2. The number of sulfone groups is 1. The number of aliphatic hydroxyl groups is 1. The van der Waals surface area contributed by atoms with Crippen LogP contribution in [0.15, 0.2) is 4.52 Å². The lowest BCUT2D eigenvalue weighted by molar-refractivity contribution is 0.151. The Bertz CT molecular complexity index is 451. The highest BCUT2D eigenvalue weighted by Gasteiger charge is 2.32. The Hall–Kier alpha value is -0.950. The van der Waals surface area contributed by atoms with Crippen LogP contribution >= 0.6 is 0 Å². The molecule has 2 heterocycles. The van der Waals surface area contributed by atoms with Crippen molar-refractivity contribution in [2.24, 2.45) is 0 Å². The van der Waals surface area contributed by atoms with Crippen LogP contribution in [0.5, 0.6) is 0 Å². The predicted octanol–water partition coefficient (Wildman–Crippen LogP) is 0.0250. The second kappa shape index (κ2) is 3.57. The van der Waals surface area contributed by atoms with Crippen molar-refractivity contribution in [2.75, 3.05) is 11.5 Å². The first-order chi connectivity index (χ1) is 6.98. The summed E-state index contributed by atoms with van der Waals surface area (Å²) in [5, 5.41) is 12.8. The molecular formula is C8H12N2O4S. The highest BCUT2D eigenvalue weighted by atomic mass is 32.2. The Morgan fingerprint density at radius 2 is 2.33 bits per heavy atom. The molecule has 0 saturated carbocycles. The minimum Gasteiger partial charge on any atom is -0.384 e. The maximum atomic E-state index is 11.2. The molecule has 1 aliphatic heterocycles. The molecule has 0 bridgehead atoms. The molecule has 6 nitrogen and oxygen atoms in total. The van der Waals surface area contributed by atoms with Crippen LogP contribution in [0.4, 0.5) is 0 Å². The highest BCUT2D eigenvalue weighted by molar-refractivity contribution is 7.91. The molecule has 1 aliphatic rings. The largest absolute Gasteiger partial charge is 0.384 e. The van der Waals surface area contributed by atoms with Gasteiger partial charge in [-0.15, -0.1) is 0 Å². The fourth-order valence-corrected chi connectivity index (χ4v) is 3.32. The normalized spacial score (nSPS) is 26.7. The molecule has 7 heteroatoms. The van der Waals surface area contributed by atoms with E-state index in [0.717, 1.165) is 0 Å². The zero-order chi connectivity index (χ0) is 11.1. The molecule has 1 N–H and O–H groups in total. The van der Waals surface area contributed by atoms with E-state index in [2.05, 4.69) is 10.1 Å². The third-order valence-corrected chi connectivity index (χ3v) is 4.18. The minimum atomic E-state index is -2.94. The fourth-order valence-electron chi connectivity index (χ4n) is 1.58. The fraction of sp³-hybridized carbons (Fsp3) is 0.750. The molecule has 1 aromatic rings. The summed E-state index contributed by atoms with van der Waals surface area (Å²) in [5.41, 5.74) is 0. The van der Waals surface area contributed by atoms with Crippen molar-refractivity contribution in [3.63, 3.8) is 0 Å². The summed E-state index contributed by atoms with van der Waals surface area (Å²) in [5.74, 6) is 0.578. The minimum absolute atomic E-state index is 0.0752. The van der Waals surface area contributed by atoms with Crippen LogP contribution < -0.4 is 0 Å². The molecule has 1 unspecified atom stereocenters. The van der Waals surface area contributed by atoms with Gasteiger partial charge in [-0.05, 0) is 13.3 Å². The van der Waals surface area contributed by atoms with E-state index >= 15 is 0 Å². The van der Waals surface area contributed by atoms with E-state index in [4.69, 9.17) is 9.63 Å². The molecule has 15 heavy (non-hydrogen) atoms. The van der Waals surface area contributed by atoms with Crippen LogP contribution in [0.2, 0.25) is 0 Å². The van der Waals surface area contributed by atoms with E-state index in [-0.39, 0.29) is 23.3 Å². The summed E-state index contributed by atoms with van der Waals surface area (Å²) in [6.45, 7) is 1.52. The van der Waals surface area contributed by atoms with Gasteiger partial charge in [0.2, 0.25) is 0 Å². The Morgan fingerprint density at radius 3 is 2.80 bits per heavy atom. The van der Waals surface area contributed by atoms with Gasteiger partial charge in [0.15, 0.2) is 15.7 Å². The van der Waals surface area contributed by atoms with Crippen LogP contribution in [-0.4, -0.2) is 35.2 Å². The molecule has 1 aromatic heterocycles. The number of aliphatic hydroxyl groups excluding tert-OH is 1. The van der Waals surface area contributed by atoms with Crippen molar-refractivity contribution in [2.45, 2.75) is 25.4 Å². The van der Waals surface area contributed by atoms with Gasteiger partial charge in [0.1, 0.15) is 6.10 Å². The van der Waals surface area contributed by atoms with Gasteiger partial charge >= 0.3 is 0 Å². The first-order valence-corrected chi connectivity index (χ1v) is 6.52. The van der Waals surface area contributed by atoms with Crippen molar-refractivity contribution >= 4 is 9.84 Å². The van der Waals surface area contributed by atoms with E-state index in [1.165, 1.54) is 6.92 Å². The standard InChI is InChI=1S/C8H12N2O4S/c1-5(11)8-9-7(10-14-8)6-2-3-15(12,13)4-6/h5-6,11H,2-4H2,1H3/t5-,6?/m0/s1. The zero-order valence-corrected chi connectivity index (χ0v) is 9.07. The lowest BCUT2D eigenvalue weighted by Gasteiger charge is -1.98. The molecule has 1 saturated heterocycles. The summed E-state index contributed by atoms with van der Waals surface area (Å²) >= 11 is 0. The molecule has 0 amide bonds. The average molecular weight is 232 g/mol. The van der Waals surface area contributed by atoms with Gasteiger partial charge in [0.05, 0.1) is 11.5 Å².